The van der Waals surface area contributed by atoms with E-state index in [4.69, 9.17) is 74.7 Å². The first kappa shape index (κ1) is 17.0. The number of carboxylic acids is 1. The summed E-state index contributed by atoms with van der Waals surface area (Å²) in [5.74, 6) is -1.76. The normalized spacial score (nSPS) is 28.1. The summed E-state index contributed by atoms with van der Waals surface area (Å²) in [6.45, 7) is 3.60. The molecule has 18 heavy (non-hydrogen) atoms. The number of alkyl halides is 5. The standard InChI is InChI=1S/C10H10Cl6O2/c1-8(2)4(6(8)7(17)18)3-5(11)9(12,13)10(14,15)16/h3-4,6H,1-2H3,(H,17,18). The summed E-state index contributed by atoms with van der Waals surface area (Å²) in [6.07, 6.45) is 1.45. The molecule has 104 valence electrons. The largest absolute Gasteiger partial charge is 0.481 e. The Bertz CT molecular complexity index is 396. The minimum Gasteiger partial charge on any atom is -0.481 e. The Kier molecular flexibility index (Phi) is 4.77. The second-order valence-electron chi connectivity index (χ2n) is 4.75. The van der Waals surface area contributed by atoms with E-state index in [1.165, 1.54) is 6.08 Å². The van der Waals surface area contributed by atoms with Gasteiger partial charge in [0.25, 0.3) is 0 Å². The maximum atomic E-state index is 11.0. The summed E-state index contributed by atoms with van der Waals surface area (Å²) >= 11 is 34.6. The van der Waals surface area contributed by atoms with Crippen LogP contribution in [0, 0.1) is 17.3 Å². The van der Waals surface area contributed by atoms with Gasteiger partial charge in [0, 0.05) is 0 Å². The summed E-state index contributed by atoms with van der Waals surface area (Å²) in [6, 6.07) is 0. The molecule has 0 saturated heterocycles. The molecule has 1 fully saturated rings. The molecule has 1 saturated carbocycles. The highest BCUT2D eigenvalue weighted by molar-refractivity contribution is 6.77. The average Bonchev–Trinajstić information content (AvgIpc) is 2.65. The maximum absolute atomic E-state index is 11.0. The average molecular weight is 375 g/mol. The van der Waals surface area contributed by atoms with Crippen LogP contribution in [0.5, 0.6) is 0 Å². The Morgan fingerprint density at radius 1 is 1.22 bits per heavy atom. The third-order valence-electron chi connectivity index (χ3n) is 3.16. The number of carbonyl (C=O) groups is 1. The quantitative estimate of drug-likeness (QED) is 0.705. The topological polar surface area (TPSA) is 37.3 Å². The molecule has 0 aromatic heterocycles. The van der Waals surface area contributed by atoms with Crippen molar-refractivity contribution in [3.63, 3.8) is 0 Å². The highest BCUT2D eigenvalue weighted by Crippen LogP contribution is 2.61. The molecule has 2 atom stereocenters. The molecule has 1 aliphatic carbocycles. The van der Waals surface area contributed by atoms with Crippen molar-refractivity contribution in [1.29, 1.82) is 0 Å². The van der Waals surface area contributed by atoms with Crippen LogP contribution in [0.3, 0.4) is 0 Å². The van der Waals surface area contributed by atoms with Crippen LogP contribution in [0.25, 0.3) is 0 Å². The van der Waals surface area contributed by atoms with Crippen LogP contribution in [0.2, 0.25) is 0 Å². The highest BCUT2D eigenvalue weighted by atomic mass is 35.6. The number of hydrogen-bond acceptors (Lipinski definition) is 1. The first-order valence-corrected chi connectivity index (χ1v) is 7.15. The van der Waals surface area contributed by atoms with Gasteiger partial charge in [-0.2, -0.15) is 0 Å². The lowest BCUT2D eigenvalue weighted by atomic mass is 10.1. The van der Waals surface area contributed by atoms with Gasteiger partial charge in [-0.25, -0.2) is 0 Å². The fourth-order valence-electron chi connectivity index (χ4n) is 1.86. The molecule has 0 spiro atoms. The van der Waals surface area contributed by atoms with E-state index in [1.54, 1.807) is 13.8 Å². The van der Waals surface area contributed by atoms with E-state index in [0.717, 1.165) is 0 Å². The Morgan fingerprint density at radius 2 is 1.67 bits per heavy atom. The minimum absolute atomic E-state index is 0.0901. The fraction of sp³-hybridized carbons (Fsp3) is 0.700. The van der Waals surface area contributed by atoms with Gasteiger partial charge in [0.2, 0.25) is 3.79 Å². The zero-order valence-corrected chi connectivity index (χ0v) is 13.9. The molecule has 1 rings (SSSR count). The molecule has 2 unspecified atom stereocenters. The van der Waals surface area contributed by atoms with E-state index in [0.29, 0.717) is 0 Å². The zero-order valence-electron chi connectivity index (χ0n) is 9.36. The highest BCUT2D eigenvalue weighted by Gasteiger charge is 2.62. The van der Waals surface area contributed by atoms with Gasteiger partial charge < -0.3 is 5.11 Å². The number of hydrogen-bond donors (Lipinski definition) is 1. The van der Waals surface area contributed by atoms with Gasteiger partial charge in [0.05, 0.1) is 11.0 Å². The summed E-state index contributed by atoms with van der Waals surface area (Å²) < 4.78 is -3.93. The Balaban J connectivity index is 2.97. The lowest BCUT2D eigenvalue weighted by Gasteiger charge is -2.26. The van der Waals surface area contributed by atoms with Gasteiger partial charge in [0.1, 0.15) is 0 Å². The van der Waals surface area contributed by atoms with E-state index >= 15 is 0 Å². The first-order chi connectivity index (χ1) is 7.83. The second kappa shape index (κ2) is 5.05. The van der Waals surface area contributed by atoms with Crippen LogP contribution in [-0.2, 0) is 4.79 Å². The number of halogens is 6. The van der Waals surface area contributed by atoms with Crippen LogP contribution >= 0.6 is 69.6 Å². The third kappa shape index (κ3) is 2.99. The lowest BCUT2D eigenvalue weighted by molar-refractivity contribution is -0.139. The maximum Gasteiger partial charge on any atom is 0.307 e. The third-order valence-corrected chi connectivity index (χ3v) is 6.17. The SMILES string of the molecule is CC1(C)C(C=C(Cl)C(Cl)(Cl)C(Cl)(Cl)Cl)C1C(=O)O. The molecule has 0 radical (unpaired) electrons. The molecule has 0 heterocycles. The smallest absolute Gasteiger partial charge is 0.307 e. The van der Waals surface area contributed by atoms with Crippen molar-refractivity contribution in [3.8, 4) is 0 Å². The van der Waals surface area contributed by atoms with Crippen molar-refractivity contribution in [3.05, 3.63) is 11.1 Å². The van der Waals surface area contributed by atoms with Crippen LogP contribution < -0.4 is 0 Å². The second-order valence-corrected chi connectivity index (χ2v) is 8.77. The monoisotopic (exact) mass is 372 g/mol. The minimum atomic E-state index is -2.01. The zero-order chi connectivity index (χ0) is 14.5. The molecule has 0 bridgehead atoms. The van der Waals surface area contributed by atoms with Crippen LogP contribution in [0.4, 0.5) is 0 Å². The van der Waals surface area contributed by atoms with E-state index in [1.807, 2.05) is 0 Å². The molecular formula is C10H10Cl6O2. The molecule has 0 aromatic rings. The molecule has 8 heteroatoms. The van der Waals surface area contributed by atoms with Crippen molar-refractivity contribution in [1.82, 2.24) is 0 Å². The predicted octanol–water partition coefficient (Wildman–Crippen LogP) is 5.01. The predicted molar refractivity (Wildman–Crippen MR) is 77.1 cm³/mol. The Hall–Kier alpha value is 0.950. The van der Waals surface area contributed by atoms with Crippen molar-refractivity contribution < 1.29 is 9.90 Å². The van der Waals surface area contributed by atoms with Crippen LogP contribution in [0.1, 0.15) is 13.8 Å². The first-order valence-electron chi connectivity index (χ1n) is 4.88. The number of carboxylic acid groups (broad SMARTS) is 1. The summed E-state index contributed by atoms with van der Waals surface area (Å²) in [5, 5.41) is 8.93. The number of rotatable bonds is 3. The van der Waals surface area contributed by atoms with Crippen LogP contribution in [-0.4, -0.2) is 19.2 Å². The molecule has 0 amide bonds. The van der Waals surface area contributed by atoms with E-state index < -0.39 is 25.4 Å². The van der Waals surface area contributed by atoms with Crippen LogP contribution in [0.15, 0.2) is 11.1 Å². The molecule has 2 nitrogen and oxygen atoms in total. The number of aliphatic carboxylic acids is 1. The molecular weight excluding hydrogens is 365 g/mol. The fourth-order valence-corrected chi connectivity index (χ4v) is 2.71. The van der Waals surface area contributed by atoms with Crippen molar-refractivity contribution in [2.75, 3.05) is 0 Å². The van der Waals surface area contributed by atoms with Gasteiger partial charge in [-0.05, 0) is 11.3 Å². The Labute approximate surface area is 135 Å². The van der Waals surface area contributed by atoms with Gasteiger partial charge in [-0.15, -0.1) is 0 Å². The summed E-state index contributed by atoms with van der Waals surface area (Å²) in [7, 11) is 0. The molecule has 0 aromatic carbocycles. The van der Waals surface area contributed by atoms with Gasteiger partial charge in [-0.1, -0.05) is 89.5 Å². The summed E-state index contributed by atoms with van der Waals surface area (Å²) in [5.41, 5.74) is -0.427. The van der Waals surface area contributed by atoms with Crippen molar-refractivity contribution in [2.24, 2.45) is 17.3 Å². The van der Waals surface area contributed by atoms with Crippen molar-refractivity contribution >= 4 is 75.6 Å². The summed E-state index contributed by atoms with van der Waals surface area (Å²) in [4.78, 5) is 11.0. The lowest BCUT2D eigenvalue weighted by Crippen LogP contribution is -2.31. The molecule has 0 aliphatic heterocycles. The van der Waals surface area contributed by atoms with Crippen molar-refractivity contribution in [2.45, 2.75) is 22.0 Å². The van der Waals surface area contributed by atoms with Gasteiger partial charge >= 0.3 is 5.97 Å². The Morgan fingerprint density at radius 3 is 1.94 bits per heavy atom. The van der Waals surface area contributed by atoms with Gasteiger partial charge in [-0.3, -0.25) is 4.79 Å². The molecule has 1 N–H and O–H groups in total. The van der Waals surface area contributed by atoms with E-state index in [9.17, 15) is 4.79 Å². The molecule has 1 aliphatic rings. The van der Waals surface area contributed by atoms with E-state index in [-0.39, 0.29) is 11.0 Å². The number of allylic oxidation sites excluding steroid dienone is 2. The van der Waals surface area contributed by atoms with Gasteiger partial charge in [0.15, 0.2) is 4.33 Å². The van der Waals surface area contributed by atoms with E-state index in [2.05, 4.69) is 0 Å².